The molecule has 100 valence electrons. The Bertz CT molecular complexity index is 666. The standard InChI is InChI=1S/C16H13NO3/c18-15-13-9-5-4-6-11(13)10-14(16(19)20)17(15)12-7-2-1-3-8-12/h1-9,14H,10H2,(H,19,20). The molecule has 0 saturated carbocycles. The van der Waals surface area contributed by atoms with Gasteiger partial charge in [-0.2, -0.15) is 0 Å². The van der Waals surface area contributed by atoms with Crippen LogP contribution in [-0.4, -0.2) is 23.0 Å². The predicted octanol–water partition coefficient (Wildman–Crippen LogP) is 2.34. The van der Waals surface area contributed by atoms with Gasteiger partial charge in [-0.3, -0.25) is 9.69 Å². The smallest absolute Gasteiger partial charge is 0.327 e. The quantitative estimate of drug-likeness (QED) is 0.908. The fourth-order valence-electron chi connectivity index (χ4n) is 2.56. The number of hydrogen-bond donors (Lipinski definition) is 1. The van der Waals surface area contributed by atoms with Gasteiger partial charge in [-0.05, 0) is 23.8 Å². The van der Waals surface area contributed by atoms with Crippen LogP contribution < -0.4 is 4.90 Å². The minimum atomic E-state index is -0.989. The predicted molar refractivity (Wildman–Crippen MR) is 74.8 cm³/mol. The van der Waals surface area contributed by atoms with Crippen molar-refractivity contribution in [3.63, 3.8) is 0 Å². The Hall–Kier alpha value is -2.62. The monoisotopic (exact) mass is 267 g/mol. The molecule has 4 nitrogen and oxygen atoms in total. The lowest BCUT2D eigenvalue weighted by Crippen LogP contribution is -2.50. The fraction of sp³-hybridized carbons (Fsp3) is 0.125. The molecule has 1 aliphatic rings. The molecule has 0 bridgehead atoms. The molecule has 1 N–H and O–H groups in total. The van der Waals surface area contributed by atoms with E-state index in [9.17, 15) is 14.7 Å². The number of fused-ring (bicyclic) bond motifs is 1. The van der Waals surface area contributed by atoms with E-state index in [4.69, 9.17) is 0 Å². The van der Waals surface area contributed by atoms with Gasteiger partial charge in [-0.1, -0.05) is 36.4 Å². The van der Waals surface area contributed by atoms with Crippen LogP contribution >= 0.6 is 0 Å². The molecule has 1 unspecified atom stereocenters. The largest absolute Gasteiger partial charge is 0.480 e. The van der Waals surface area contributed by atoms with E-state index in [0.717, 1.165) is 5.56 Å². The highest BCUT2D eigenvalue weighted by Gasteiger charge is 2.37. The maximum atomic E-state index is 12.6. The summed E-state index contributed by atoms with van der Waals surface area (Å²) in [6.45, 7) is 0. The van der Waals surface area contributed by atoms with Crippen LogP contribution in [0, 0.1) is 0 Å². The molecular weight excluding hydrogens is 254 g/mol. The van der Waals surface area contributed by atoms with Crippen molar-refractivity contribution in [2.75, 3.05) is 4.90 Å². The van der Waals surface area contributed by atoms with Crippen molar-refractivity contribution in [1.29, 1.82) is 0 Å². The molecule has 1 heterocycles. The Morgan fingerprint density at radius 3 is 2.40 bits per heavy atom. The second-order valence-electron chi connectivity index (χ2n) is 4.73. The van der Waals surface area contributed by atoms with Crippen LogP contribution in [0.4, 0.5) is 5.69 Å². The van der Waals surface area contributed by atoms with E-state index in [2.05, 4.69) is 0 Å². The lowest BCUT2D eigenvalue weighted by atomic mass is 9.93. The maximum Gasteiger partial charge on any atom is 0.327 e. The lowest BCUT2D eigenvalue weighted by Gasteiger charge is -2.34. The Morgan fingerprint density at radius 1 is 1.05 bits per heavy atom. The van der Waals surface area contributed by atoms with Crippen molar-refractivity contribution in [3.8, 4) is 0 Å². The second-order valence-corrected chi connectivity index (χ2v) is 4.73. The summed E-state index contributed by atoms with van der Waals surface area (Å²) >= 11 is 0. The maximum absolute atomic E-state index is 12.6. The highest BCUT2D eigenvalue weighted by atomic mass is 16.4. The third-order valence-electron chi connectivity index (χ3n) is 3.51. The lowest BCUT2D eigenvalue weighted by molar-refractivity contribution is -0.138. The number of amides is 1. The molecule has 0 aromatic heterocycles. The summed E-state index contributed by atoms with van der Waals surface area (Å²) in [4.78, 5) is 25.5. The van der Waals surface area contributed by atoms with Crippen LogP contribution in [0.15, 0.2) is 54.6 Å². The van der Waals surface area contributed by atoms with Crippen LogP contribution in [0.3, 0.4) is 0 Å². The molecule has 2 aromatic rings. The van der Waals surface area contributed by atoms with Crippen LogP contribution in [0.2, 0.25) is 0 Å². The van der Waals surface area contributed by atoms with Gasteiger partial charge in [0.05, 0.1) is 0 Å². The van der Waals surface area contributed by atoms with Gasteiger partial charge in [0.15, 0.2) is 0 Å². The van der Waals surface area contributed by atoms with E-state index in [1.54, 1.807) is 36.4 Å². The Balaban J connectivity index is 2.12. The third-order valence-corrected chi connectivity index (χ3v) is 3.51. The van der Waals surface area contributed by atoms with Crippen molar-refractivity contribution in [1.82, 2.24) is 0 Å². The SMILES string of the molecule is O=C(O)C1Cc2ccccc2C(=O)N1c1ccccc1. The molecule has 0 spiro atoms. The number of carboxylic acids is 1. The molecule has 0 fully saturated rings. The first-order valence-electron chi connectivity index (χ1n) is 6.38. The Labute approximate surface area is 116 Å². The second kappa shape index (κ2) is 4.81. The highest BCUT2D eigenvalue weighted by molar-refractivity contribution is 6.11. The van der Waals surface area contributed by atoms with E-state index in [1.165, 1.54) is 4.90 Å². The highest BCUT2D eigenvalue weighted by Crippen LogP contribution is 2.28. The van der Waals surface area contributed by atoms with Crippen molar-refractivity contribution < 1.29 is 14.7 Å². The summed E-state index contributed by atoms with van der Waals surface area (Å²) in [7, 11) is 0. The first-order valence-corrected chi connectivity index (χ1v) is 6.38. The summed E-state index contributed by atoms with van der Waals surface area (Å²) < 4.78 is 0. The minimum Gasteiger partial charge on any atom is -0.480 e. The summed E-state index contributed by atoms with van der Waals surface area (Å²) in [5, 5.41) is 9.42. The summed E-state index contributed by atoms with van der Waals surface area (Å²) in [6, 6.07) is 15.2. The van der Waals surface area contributed by atoms with Gasteiger partial charge in [-0.15, -0.1) is 0 Å². The van der Waals surface area contributed by atoms with E-state index >= 15 is 0 Å². The number of anilines is 1. The number of aliphatic carboxylic acids is 1. The molecular formula is C16H13NO3. The Morgan fingerprint density at radius 2 is 1.70 bits per heavy atom. The molecule has 4 heteroatoms. The van der Waals surface area contributed by atoms with Gasteiger partial charge >= 0.3 is 5.97 Å². The number of hydrogen-bond acceptors (Lipinski definition) is 2. The zero-order valence-electron chi connectivity index (χ0n) is 10.7. The average molecular weight is 267 g/mol. The van der Waals surface area contributed by atoms with Gasteiger partial charge in [0.1, 0.15) is 6.04 Å². The molecule has 0 saturated heterocycles. The molecule has 0 radical (unpaired) electrons. The number of nitrogens with zero attached hydrogens (tertiary/aromatic N) is 1. The van der Waals surface area contributed by atoms with Crippen molar-refractivity contribution in [2.24, 2.45) is 0 Å². The molecule has 20 heavy (non-hydrogen) atoms. The first kappa shape index (κ1) is 12.4. The number of para-hydroxylation sites is 1. The van der Waals surface area contributed by atoms with Crippen molar-refractivity contribution >= 4 is 17.6 Å². The third kappa shape index (κ3) is 1.95. The Kier molecular flexibility index (Phi) is 2.99. The average Bonchev–Trinajstić information content (AvgIpc) is 2.48. The topological polar surface area (TPSA) is 57.6 Å². The normalized spacial score (nSPS) is 17.7. The zero-order valence-corrected chi connectivity index (χ0v) is 10.7. The van der Waals surface area contributed by atoms with Gasteiger partial charge in [0.2, 0.25) is 0 Å². The van der Waals surface area contributed by atoms with Gasteiger partial charge in [0, 0.05) is 17.7 Å². The number of carbonyl (C=O) groups excluding carboxylic acids is 1. The number of carboxylic acid groups (broad SMARTS) is 1. The van der Waals surface area contributed by atoms with E-state index < -0.39 is 12.0 Å². The van der Waals surface area contributed by atoms with Crippen LogP contribution in [-0.2, 0) is 11.2 Å². The summed E-state index contributed by atoms with van der Waals surface area (Å²) in [5.41, 5.74) is 1.98. The van der Waals surface area contributed by atoms with Gasteiger partial charge in [0.25, 0.3) is 5.91 Å². The van der Waals surface area contributed by atoms with Crippen LogP contribution in [0.25, 0.3) is 0 Å². The number of benzene rings is 2. The minimum absolute atomic E-state index is 0.259. The van der Waals surface area contributed by atoms with Crippen molar-refractivity contribution in [3.05, 3.63) is 65.7 Å². The zero-order chi connectivity index (χ0) is 14.1. The van der Waals surface area contributed by atoms with Crippen molar-refractivity contribution in [2.45, 2.75) is 12.5 Å². The molecule has 0 aliphatic carbocycles. The molecule has 1 amide bonds. The number of rotatable bonds is 2. The van der Waals surface area contributed by atoms with E-state index in [1.807, 2.05) is 18.2 Å². The van der Waals surface area contributed by atoms with Gasteiger partial charge < -0.3 is 5.11 Å². The first-order chi connectivity index (χ1) is 9.68. The summed E-state index contributed by atoms with van der Waals surface area (Å²) in [5.74, 6) is -1.25. The summed E-state index contributed by atoms with van der Waals surface area (Å²) in [6.07, 6.45) is 0.326. The molecule has 1 aliphatic heterocycles. The van der Waals surface area contributed by atoms with E-state index in [0.29, 0.717) is 17.7 Å². The van der Waals surface area contributed by atoms with E-state index in [-0.39, 0.29) is 5.91 Å². The fourth-order valence-corrected chi connectivity index (χ4v) is 2.56. The van der Waals surface area contributed by atoms with Crippen LogP contribution in [0.1, 0.15) is 15.9 Å². The van der Waals surface area contributed by atoms with Crippen LogP contribution in [0.5, 0.6) is 0 Å². The molecule has 2 aromatic carbocycles. The van der Waals surface area contributed by atoms with Gasteiger partial charge in [-0.25, -0.2) is 4.79 Å². The molecule has 3 rings (SSSR count). The molecule has 1 atom stereocenters. The number of carbonyl (C=O) groups is 2.